The quantitative estimate of drug-likeness (QED) is 0.599. The van der Waals surface area contributed by atoms with Crippen LogP contribution in [0.2, 0.25) is 0 Å². The van der Waals surface area contributed by atoms with Crippen molar-refractivity contribution >= 4 is 23.2 Å². The molecule has 1 amide bonds. The summed E-state index contributed by atoms with van der Waals surface area (Å²) in [5.74, 6) is 0.118. The van der Waals surface area contributed by atoms with Crippen LogP contribution in [-0.4, -0.2) is 58.1 Å². The van der Waals surface area contributed by atoms with Crippen molar-refractivity contribution in [1.29, 1.82) is 0 Å². The lowest BCUT2D eigenvalue weighted by Crippen LogP contribution is -2.44. The number of carbonyl (C=O) groups is 2. The Balaban J connectivity index is 1.46. The van der Waals surface area contributed by atoms with Gasteiger partial charge in [0, 0.05) is 6.54 Å². The molecule has 0 N–H and O–H groups in total. The number of methoxy groups -OCH3 is 1. The van der Waals surface area contributed by atoms with Gasteiger partial charge < -0.3 is 14.4 Å². The minimum Gasteiger partial charge on any atom is -0.489 e. The normalized spacial score (nSPS) is 16.4. The molecule has 1 aromatic carbocycles. The van der Waals surface area contributed by atoms with Gasteiger partial charge in [-0.2, -0.15) is 10.2 Å². The van der Waals surface area contributed by atoms with Gasteiger partial charge in [-0.1, -0.05) is 6.07 Å². The molecule has 1 unspecified atom stereocenters. The Kier molecular flexibility index (Phi) is 5.57. The van der Waals surface area contributed by atoms with Crippen LogP contribution in [0.5, 0.6) is 5.75 Å². The molecule has 0 radical (unpaired) electrons. The molecular weight excluding hydrogens is 392 g/mol. The summed E-state index contributed by atoms with van der Waals surface area (Å²) in [6.07, 6.45) is 4.70. The van der Waals surface area contributed by atoms with Crippen molar-refractivity contribution in [3.63, 3.8) is 0 Å². The average Bonchev–Trinajstić information content (AvgIpc) is 3.44. The van der Waals surface area contributed by atoms with Crippen LogP contribution in [-0.2, 0) is 4.74 Å². The minimum atomic E-state index is -0.409. The minimum absolute atomic E-state index is 0.0600. The maximum absolute atomic E-state index is 13.1. The van der Waals surface area contributed by atoms with E-state index in [9.17, 15) is 9.59 Å². The molecule has 0 aliphatic carbocycles. The van der Waals surface area contributed by atoms with Crippen LogP contribution in [0, 0.1) is 0 Å². The predicted molar refractivity (Wildman–Crippen MR) is 107 cm³/mol. The molecule has 0 spiro atoms. The first-order valence-electron chi connectivity index (χ1n) is 9.24. The second-order valence-electron chi connectivity index (χ2n) is 6.61. The Morgan fingerprint density at radius 3 is 2.83 bits per heavy atom. The highest BCUT2D eigenvalue weighted by molar-refractivity contribution is 7.12. The van der Waals surface area contributed by atoms with Crippen molar-refractivity contribution in [2.24, 2.45) is 0 Å². The number of hydrogen-bond acceptors (Lipinski definition) is 7. The molecule has 1 fully saturated rings. The summed E-state index contributed by atoms with van der Waals surface area (Å²) in [5.41, 5.74) is 1.02. The average molecular weight is 412 g/mol. The Hall–Kier alpha value is -3.20. The zero-order valence-corrected chi connectivity index (χ0v) is 16.7. The number of hydrogen-bond donors (Lipinski definition) is 0. The molecule has 0 bridgehead atoms. The second kappa shape index (κ2) is 8.44. The van der Waals surface area contributed by atoms with Gasteiger partial charge in [0.1, 0.15) is 11.9 Å². The Bertz CT molecular complexity index is 1000. The van der Waals surface area contributed by atoms with Crippen LogP contribution in [0.3, 0.4) is 0 Å². The summed E-state index contributed by atoms with van der Waals surface area (Å²) in [4.78, 5) is 28.1. The van der Waals surface area contributed by atoms with E-state index in [1.54, 1.807) is 47.6 Å². The molecule has 1 saturated heterocycles. The van der Waals surface area contributed by atoms with Crippen molar-refractivity contribution in [3.05, 3.63) is 59.2 Å². The Morgan fingerprint density at radius 2 is 2.03 bits per heavy atom. The molecular formula is C20H20N4O4S. The third kappa shape index (κ3) is 4.14. The fraction of sp³-hybridized carbons (Fsp3) is 0.300. The molecule has 8 nitrogen and oxygen atoms in total. The summed E-state index contributed by atoms with van der Waals surface area (Å²) >= 11 is 1.42. The second-order valence-corrected chi connectivity index (χ2v) is 7.51. The van der Waals surface area contributed by atoms with E-state index >= 15 is 0 Å². The first-order chi connectivity index (χ1) is 14.2. The smallest absolute Gasteiger partial charge is 0.337 e. The van der Waals surface area contributed by atoms with E-state index in [-0.39, 0.29) is 12.0 Å². The molecule has 3 aromatic rings. The number of benzene rings is 1. The van der Waals surface area contributed by atoms with Crippen molar-refractivity contribution in [2.45, 2.75) is 18.9 Å². The number of ether oxygens (including phenoxy) is 2. The van der Waals surface area contributed by atoms with Gasteiger partial charge in [0.2, 0.25) is 0 Å². The van der Waals surface area contributed by atoms with E-state index in [1.165, 1.54) is 23.2 Å². The zero-order chi connectivity index (χ0) is 20.2. The number of carbonyl (C=O) groups excluding carboxylic acids is 2. The third-order valence-corrected chi connectivity index (χ3v) is 5.58. The van der Waals surface area contributed by atoms with Crippen molar-refractivity contribution in [1.82, 2.24) is 19.9 Å². The monoisotopic (exact) mass is 412 g/mol. The SMILES string of the molecule is COC(=O)c1cccc(OC2CCCN(C(=O)c3ccsc3-n3nccn3)C2)c1. The molecule has 3 heterocycles. The number of likely N-dealkylation sites (tertiary alicyclic amines) is 1. The maximum Gasteiger partial charge on any atom is 0.337 e. The van der Waals surface area contributed by atoms with Crippen molar-refractivity contribution in [2.75, 3.05) is 20.2 Å². The van der Waals surface area contributed by atoms with Gasteiger partial charge in [-0.05, 0) is 42.5 Å². The Morgan fingerprint density at radius 1 is 1.21 bits per heavy atom. The van der Waals surface area contributed by atoms with Gasteiger partial charge in [0.25, 0.3) is 5.91 Å². The fourth-order valence-electron chi connectivity index (χ4n) is 3.34. The van der Waals surface area contributed by atoms with Gasteiger partial charge in [-0.25, -0.2) is 4.79 Å². The molecule has 4 rings (SSSR count). The molecule has 1 atom stereocenters. The molecule has 0 saturated carbocycles. The van der Waals surface area contributed by atoms with Crippen molar-refractivity contribution < 1.29 is 19.1 Å². The maximum atomic E-state index is 13.1. The molecule has 1 aliphatic heterocycles. The topological polar surface area (TPSA) is 86.5 Å². The van der Waals surface area contributed by atoms with E-state index in [0.29, 0.717) is 35.0 Å². The van der Waals surface area contributed by atoms with E-state index in [0.717, 1.165) is 12.8 Å². The summed E-state index contributed by atoms with van der Waals surface area (Å²) in [7, 11) is 1.35. The standard InChI is InChI=1S/C20H20N4O4S/c1-27-20(26)14-4-2-5-15(12-14)28-16-6-3-10-23(13-16)18(25)17-7-11-29-19(17)24-21-8-9-22-24/h2,4-5,7-9,11-12,16H,3,6,10,13H2,1H3. The van der Waals surface area contributed by atoms with Crippen LogP contribution >= 0.6 is 11.3 Å². The fourth-order valence-corrected chi connectivity index (χ4v) is 4.14. The largest absolute Gasteiger partial charge is 0.489 e. The van der Waals surface area contributed by atoms with Crippen LogP contribution in [0.4, 0.5) is 0 Å². The number of amides is 1. The molecule has 29 heavy (non-hydrogen) atoms. The number of piperidine rings is 1. The predicted octanol–water partition coefficient (Wildman–Crippen LogP) is 2.80. The number of nitrogens with zero attached hydrogens (tertiary/aromatic N) is 4. The Labute approximate surface area is 171 Å². The summed E-state index contributed by atoms with van der Waals surface area (Å²) in [6, 6.07) is 8.69. The third-order valence-electron chi connectivity index (χ3n) is 4.70. The van der Waals surface area contributed by atoms with Gasteiger partial charge >= 0.3 is 5.97 Å². The lowest BCUT2D eigenvalue weighted by molar-refractivity contribution is 0.0537. The van der Waals surface area contributed by atoms with E-state index in [1.807, 2.05) is 5.38 Å². The number of esters is 1. The molecule has 2 aromatic heterocycles. The van der Waals surface area contributed by atoms with E-state index in [4.69, 9.17) is 9.47 Å². The van der Waals surface area contributed by atoms with Crippen LogP contribution < -0.4 is 4.74 Å². The highest BCUT2D eigenvalue weighted by atomic mass is 32.1. The summed E-state index contributed by atoms with van der Waals surface area (Å²) in [5, 5.41) is 10.8. The van der Waals surface area contributed by atoms with Gasteiger partial charge in [-0.3, -0.25) is 4.79 Å². The van der Waals surface area contributed by atoms with E-state index in [2.05, 4.69) is 10.2 Å². The van der Waals surface area contributed by atoms with Crippen LogP contribution in [0.1, 0.15) is 33.6 Å². The van der Waals surface area contributed by atoms with Gasteiger partial charge in [0.05, 0.1) is 37.2 Å². The molecule has 1 aliphatic rings. The summed E-state index contributed by atoms with van der Waals surface area (Å²) in [6.45, 7) is 1.14. The zero-order valence-electron chi connectivity index (χ0n) is 15.9. The van der Waals surface area contributed by atoms with Crippen molar-refractivity contribution in [3.8, 4) is 10.8 Å². The van der Waals surface area contributed by atoms with Crippen LogP contribution in [0.25, 0.3) is 5.00 Å². The number of rotatable bonds is 5. The highest BCUT2D eigenvalue weighted by Gasteiger charge is 2.28. The molecule has 150 valence electrons. The molecule has 9 heteroatoms. The number of thiophene rings is 1. The first kappa shape index (κ1) is 19.1. The first-order valence-corrected chi connectivity index (χ1v) is 10.1. The van der Waals surface area contributed by atoms with E-state index < -0.39 is 5.97 Å². The lowest BCUT2D eigenvalue weighted by Gasteiger charge is -2.33. The summed E-state index contributed by atoms with van der Waals surface area (Å²) < 4.78 is 10.8. The van der Waals surface area contributed by atoms with Gasteiger partial charge in [0.15, 0.2) is 5.00 Å². The highest BCUT2D eigenvalue weighted by Crippen LogP contribution is 2.25. The number of aromatic nitrogens is 3. The van der Waals surface area contributed by atoms with Gasteiger partial charge in [-0.15, -0.1) is 16.1 Å². The lowest BCUT2D eigenvalue weighted by atomic mass is 10.1. The van der Waals surface area contributed by atoms with Crippen LogP contribution in [0.15, 0.2) is 48.1 Å².